The Kier molecular flexibility index (Phi) is 4.83. The molecule has 5 rings (SSSR count). The van der Waals surface area contributed by atoms with Gasteiger partial charge in [0, 0.05) is 20.1 Å². The third-order valence-corrected chi connectivity index (χ3v) is 7.34. The summed E-state index contributed by atoms with van der Waals surface area (Å²) in [6.07, 6.45) is 0. The minimum Gasteiger partial charge on any atom is -0.369 e. The van der Waals surface area contributed by atoms with Crippen molar-refractivity contribution >= 4 is 96.6 Å². The van der Waals surface area contributed by atoms with Crippen LogP contribution in [0.4, 0.5) is 0 Å². The Hall–Kier alpha value is -0.930. The summed E-state index contributed by atoms with van der Waals surface area (Å²) < 4.78 is 27.3. The van der Waals surface area contributed by atoms with Gasteiger partial charge < -0.3 is 8.37 Å². The van der Waals surface area contributed by atoms with E-state index in [9.17, 15) is 4.21 Å². The van der Waals surface area contributed by atoms with Gasteiger partial charge in [-0.15, -0.1) is 0 Å². The zero-order valence-corrected chi connectivity index (χ0v) is 20.9. The number of hydrogen-bond acceptors (Lipinski definition) is 3. The Balaban J connectivity index is 2.05. The highest BCUT2D eigenvalue weighted by atomic mass is 79.9. The van der Waals surface area contributed by atoms with E-state index in [-0.39, 0.29) is 0 Å². The van der Waals surface area contributed by atoms with Crippen molar-refractivity contribution in [1.29, 1.82) is 0 Å². The molecule has 0 aliphatic carbocycles. The second kappa shape index (κ2) is 7.09. The fraction of sp³-hybridized carbons (Fsp3) is 0. The Morgan fingerprint density at radius 2 is 1.07 bits per heavy atom. The molecule has 0 unspecified atom stereocenters. The average molecular weight is 648 g/mol. The summed E-state index contributed by atoms with van der Waals surface area (Å²) in [5, 5.41) is 4.00. The molecule has 0 saturated heterocycles. The monoisotopic (exact) mass is 644 g/mol. The molecule has 4 aromatic rings. The van der Waals surface area contributed by atoms with Crippen molar-refractivity contribution in [2.45, 2.75) is 0 Å². The van der Waals surface area contributed by atoms with Crippen molar-refractivity contribution in [3.05, 3.63) is 66.4 Å². The first-order valence-corrected chi connectivity index (χ1v) is 12.2. The lowest BCUT2D eigenvalue weighted by molar-refractivity contribution is 0.467. The van der Waals surface area contributed by atoms with Crippen LogP contribution in [0, 0.1) is 0 Å². The summed E-state index contributed by atoms with van der Waals surface area (Å²) in [5.41, 5.74) is 1.68. The molecule has 0 atom stereocenters. The van der Waals surface area contributed by atoms with Gasteiger partial charge in [0.1, 0.15) is 0 Å². The van der Waals surface area contributed by atoms with E-state index in [2.05, 4.69) is 63.7 Å². The second-order valence-electron chi connectivity index (χ2n) is 6.23. The molecule has 0 aromatic heterocycles. The van der Waals surface area contributed by atoms with E-state index in [1.165, 1.54) is 0 Å². The van der Waals surface area contributed by atoms with Gasteiger partial charge in [0.2, 0.25) is 0 Å². The molecule has 1 aliphatic heterocycles. The smallest absolute Gasteiger partial charge is 0.369 e. The number of rotatable bonds is 0. The summed E-state index contributed by atoms with van der Waals surface area (Å²) in [4.78, 5) is 0. The third-order valence-electron chi connectivity index (χ3n) is 4.57. The van der Waals surface area contributed by atoms with E-state index in [0.29, 0.717) is 20.4 Å². The molecule has 0 amide bonds. The summed E-state index contributed by atoms with van der Waals surface area (Å²) in [6, 6.07) is 16.0. The molecule has 0 fully saturated rings. The molecule has 0 saturated carbocycles. The van der Waals surface area contributed by atoms with Crippen LogP contribution in [0.1, 0.15) is 0 Å². The standard InChI is InChI=1S/C20H8Br4O3S/c21-11-1-3-13-9(5-11)7-15(23)19-17(13)18-14-4-2-12(22)6-10(14)8-16(24)20(18)27-28(25)26-19/h1-8H. The van der Waals surface area contributed by atoms with Crippen LogP contribution in [0.2, 0.25) is 0 Å². The lowest BCUT2D eigenvalue weighted by Gasteiger charge is -2.15. The quantitative estimate of drug-likeness (QED) is 0.194. The Labute approximate surface area is 196 Å². The molecule has 4 aromatic carbocycles. The van der Waals surface area contributed by atoms with Gasteiger partial charge in [0.05, 0.1) is 8.95 Å². The van der Waals surface area contributed by atoms with Gasteiger partial charge in [-0.2, -0.15) is 4.21 Å². The maximum Gasteiger partial charge on any atom is 0.417 e. The van der Waals surface area contributed by atoms with Crippen molar-refractivity contribution in [1.82, 2.24) is 0 Å². The second-order valence-corrected chi connectivity index (χ2v) is 10.5. The molecule has 0 bridgehead atoms. The fourth-order valence-electron chi connectivity index (χ4n) is 3.46. The minimum atomic E-state index is -1.97. The number of hydrogen-bond donors (Lipinski definition) is 0. The zero-order chi connectivity index (χ0) is 19.6. The van der Waals surface area contributed by atoms with E-state index in [1.807, 2.05) is 48.5 Å². The van der Waals surface area contributed by atoms with Gasteiger partial charge in [-0.1, -0.05) is 44.0 Å². The lowest BCUT2D eigenvalue weighted by atomic mass is 9.92. The Morgan fingerprint density at radius 3 is 1.50 bits per heavy atom. The van der Waals surface area contributed by atoms with Crippen LogP contribution in [0.3, 0.4) is 0 Å². The van der Waals surface area contributed by atoms with E-state index in [4.69, 9.17) is 8.37 Å². The summed E-state index contributed by atoms with van der Waals surface area (Å²) in [6.45, 7) is 0. The van der Waals surface area contributed by atoms with Gasteiger partial charge in [-0.05, 0) is 89.8 Å². The molecule has 0 spiro atoms. The summed E-state index contributed by atoms with van der Waals surface area (Å²) in [7, 11) is 0. The number of halogens is 4. The van der Waals surface area contributed by atoms with Crippen molar-refractivity contribution < 1.29 is 12.6 Å². The largest absolute Gasteiger partial charge is 0.417 e. The van der Waals surface area contributed by atoms with Crippen LogP contribution in [0.5, 0.6) is 11.5 Å². The Morgan fingerprint density at radius 1 is 0.643 bits per heavy atom. The van der Waals surface area contributed by atoms with Crippen LogP contribution in [0.15, 0.2) is 66.4 Å². The van der Waals surface area contributed by atoms with E-state index in [1.54, 1.807) is 0 Å². The van der Waals surface area contributed by atoms with Gasteiger partial charge in [0.15, 0.2) is 11.5 Å². The highest BCUT2D eigenvalue weighted by Crippen LogP contribution is 2.52. The Bertz CT molecular complexity index is 1240. The number of benzene rings is 4. The molecule has 0 radical (unpaired) electrons. The molecular formula is C20H8Br4O3S. The van der Waals surface area contributed by atoms with Crippen molar-refractivity contribution in [3.63, 3.8) is 0 Å². The van der Waals surface area contributed by atoms with Gasteiger partial charge in [-0.3, -0.25) is 0 Å². The molecule has 1 aliphatic rings. The van der Waals surface area contributed by atoms with Gasteiger partial charge in [-0.25, -0.2) is 0 Å². The van der Waals surface area contributed by atoms with Crippen LogP contribution in [-0.4, -0.2) is 4.21 Å². The highest BCUT2D eigenvalue weighted by molar-refractivity contribution is 9.11. The molecule has 3 nitrogen and oxygen atoms in total. The van der Waals surface area contributed by atoms with Crippen LogP contribution >= 0.6 is 63.7 Å². The maximum absolute atomic E-state index is 12.5. The molecule has 28 heavy (non-hydrogen) atoms. The SMILES string of the molecule is O=S1Oc2c(Br)cc3cc(Br)ccc3c2-c2c(c(Br)cc3cc(Br)ccc23)O1. The topological polar surface area (TPSA) is 35.5 Å². The van der Waals surface area contributed by atoms with E-state index >= 15 is 0 Å². The van der Waals surface area contributed by atoms with Crippen LogP contribution in [0.25, 0.3) is 32.7 Å². The number of fused-ring (bicyclic) bond motifs is 7. The maximum atomic E-state index is 12.5. The fourth-order valence-corrected chi connectivity index (χ4v) is 6.14. The third kappa shape index (κ3) is 3.04. The highest BCUT2D eigenvalue weighted by Gasteiger charge is 2.29. The zero-order valence-electron chi connectivity index (χ0n) is 13.8. The molecule has 8 heteroatoms. The first-order valence-electron chi connectivity index (χ1n) is 8.04. The van der Waals surface area contributed by atoms with E-state index < -0.39 is 11.4 Å². The molecule has 140 valence electrons. The van der Waals surface area contributed by atoms with Gasteiger partial charge >= 0.3 is 11.4 Å². The van der Waals surface area contributed by atoms with Gasteiger partial charge in [0.25, 0.3) is 0 Å². The van der Waals surface area contributed by atoms with Crippen LogP contribution < -0.4 is 8.37 Å². The molecule has 1 heterocycles. The lowest BCUT2D eigenvalue weighted by Crippen LogP contribution is -2.06. The minimum absolute atomic E-state index is 0.495. The average Bonchev–Trinajstić information content (AvgIpc) is 2.79. The first-order chi connectivity index (χ1) is 13.4. The van der Waals surface area contributed by atoms with Crippen molar-refractivity contribution in [3.8, 4) is 22.6 Å². The van der Waals surface area contributed by atoms with Crippen molar-refractivity contribution in [2.75, 3.05) is 0 Å². The summed E-state index contributed by atoms with van der Waals surface area (Å²) in [5.74, 6) is 0.989. The van der Waals surface area contributed by atoms with Crippen molar-refractivity contribution in [2.24, 2.45) is 0 Å². The predicted octanol–water partition coefficient (Wildman–Crippen LogP) is 8.06. The normalized spacial score (nSPS) is 13.6. The molecule has 0 N–H and O–H groups in total. The first kappa shape index (κ1) is 19.1. The molecular weight excluding hydrogens is 640 g/mol. The van der Waals surface area contributed by atoms with Crippen LogP contribution in [-0.2, 0) is 11.4 Å². The predicted molar refractivity (Wildman–Crippen MR) is 127 cm³/mol. The van der Waals surface area contributed by atoms with E-state index in [0.717, 1.165) is 41.6 Å². The summed E-state index contributed by atoms with van der Waals surface area (Å²) >= 11 is 12.3.